The van der Waals surface area contributed by atoms with Crippen LogP contribution in [0.15, 0.2) is 60.9 Å². The molecule has 156 valence electrons. The lowest BCUT2D eigenvalue weighted by Crippen LogP contribution is -2.29. The monoisotopic (exact) mass is 412 g/mol. The topological polar surface area (TPSA) is 76.0 Å². The summed E-state index contributed by atoms with van der Waals surface area (Å²) in [5.74, 6) is -2.41. The van der Waals surface area contributed by atoms with Gasteiger partial charge in [0, 0.05) is 38.0 Å². The molecule has 3 rings (SSSR count). The van der Waals surface area contributed by atoms with E-state index >= 15 is 0 Å². The second kappa shape index (κ2) is 10.3. The maximum atomic E-state index is 13.5. The predicted molar refractivity (Wildman–Crippen MR) is 108 cm³/mol. The molecule has 0 saturated heterocycles. The fourth-order valence-electron chi connectivity index (χ4n) is 2.89. The van der Waals surface area contributed by atoms with Gasteiger partial charge in [-0.2, -0.15) is 5.10 Å². The lowest BCUT2D eigenvalue weighted by atomic mass is 10.1. The molecule has 2 amide bonds. The van der Waals surface area contributed by atoms with Gasteiger partial charge in [-0.3, -0.25) is 9.59 Å². The molecule has 0 aliphatic carbocycles. The Morgan fingerprint density at radius 1 is 1.00 bits per heavy atom. The fourth-order valence-corrected chi connectivity index (χ4v) is 2.89. The van der Waals surface area contributed by atoms with E-state index in [1.807, 2.05) is 36.5 Å². The van der Waals surface area contributed by atoms with Gasteiger partial charge in [-0.15, -0.1) is 0 Å². The number of nitrogens with one attached hydrogen (secondary N) is 2. The first-order valence-corrected chi connectivity index (χ1v) is 9.62. The van der Waals surface area contributed by atoms with Gasteiger partial charge in [0.2, 0.25) is 5.91 Å². The summed E-state index contributed by atoms with van der Waals surface area (Å²) < 4.78 is 28.2. The van der Waals surface area contributed by atoms with E-state index in [0.717, 1.165) is 23.4 Å². The minimum atomic E-state index is -0.914. The van der Waals surface area contributed by atoms with Gasteiger partial charge in [0.15, 0.2) is 0 Å². The van der Waals surface area contributed by atoms with Crippen molar-refractivity contribution in [2.45, 2.75) is 19.3 Å². The Hall–Kier alpha value is -3.55. The summed E-state index contributed by atoms with van der Waals surface area (Å²) in [5.41, 5.74) is 1.84. The molecular weight excluding hydrogens is 390 g/mol. The second-order valence-corrected chi connectivity index (χ2v) is 6.70. The molecule has 0 aliphatic heterocycles. The predicted octanol–water partition coefficient (Wildman–Crippen LogP) is 3.02. The minimum absolute atomic E-state index is 0.120. The van der Waals surface area contributed by atoms with E-state index in [9.17, 15) is 18.4 Å². The number of hydrogen-bond donors (Lipinski definition) is 2. The quantitative estimate of drug-likeness (QED) is 0.531. The average molecular weight is 412 g/mol. The first-order valence-electron chi connectivity index (χ1n) is 9.62. The highest BCUT2D eigenvalue weighted by Crippen LogP contribution is 2.10. The molecule has 8 heteroatoms. The van der Waals surface area contributed by atoms with Crippen molar-refractivity contribution in [3.05, 3.63) is 83.7 Å². The van der Waals surface area contributed by atoms with E-state index in [1.165, 1.54) is 0 Å². The molecule has 2 aromatic carbocycles. The standard InChI is InChI=1S/C22H22F2N4O2/c23-17-6-9-19(20(24)15-17)22(30)26-11-1-3-21(29)25-13-10-16-4-7-18(8-5-16)28-14-2-12-27-28/h2,4-9,12,14-15H,1,3,10-11,13H2,(H,25,29)(H,26,30). The van der Waals surface area contributed by atoms with Crippen LogP contribution in [0.1, 0.15) is 28.8 Å². The number of benzene rings is 2. The molecule has 6 nitrogen and oxygen atoms in total. The highest BCUT2D eigenvalue weighted by atomic mass is 19.1. The zero-order valence-electron chi connectivity index (χ0n) is 16.3. The van der Waals surface area contributed by atoms with Crippen LogP contribution < -0.4 is 10.6 Å². The minimum Gasteiger partial charge on any atom is -0.356 e. The second-order valence-electron chi connectivity index (χ2n) is 6.70. The zero-order chi connectivity index (χ0) is 21.3. The average Bonchev–Trinajstić information content (AvgIpc) is 3.26. The van der Waals surface area contributed by atoms with Crippen molar-refractivity contribution >= 4 is 11.8 Å². The summed E-state index contributed by atoms with van der Waals surface area (Å²) in [6.45, 7) is 0.727. The Kier molecular flexibility index (Phi) is 7.26. The van der Waals surface area contributed by atoms with Gasteiger partial charge >= 0.3 is 0 Å². The van der Waals surface area contributed by atoms with Gasteiger partial charge in [0.1, 0.15) is 11.6 Å². The lowest BCUT2D eigenvalue weighted by molar-refractivity contribution is -0.121. The van der Waals surface area contributed by atoms with Crippen LogP contribution in [0.25, 0.3) is 5.69 Å². The first-order chi connectivity index (χ1) is 14.5. The van der Waals surface area contributed by atoms with Crippen LogP contribution in [0.2, 0.25) is 0 Å². The Bertz CT molecular complexity index is 989. The molecule has 30 heavy (non-hydrogen) atoms. The van der Waals surface area contributed by atoms with Crippen molar-refractivity contribution < 1.29 is 18.4 Å². The lowest BCUT2D eigenvalue weighted by Gasteiger charge is -2.08. The van der Waals surface area contributed by atoms with Crippen LogP contribution in [0.3, 0.4) is 0 Å². The number of hydrogen-bond acceptors (Lipinski definition) is 3. The molecule has 1 heterocycles. The molecule has 0 fully saturated rings. The van der Waals surface area contributed by atoms with E-state index in [1.54, 1.807) is 10.9 Å². The van der Waals surface area contributed by atoms with Crippen molar-refractivity contribution in [1.29, 1.82) is 0 Å². The van der Waals surface area contributed by atoms with Crippen LogP contribution in [0, 0.1) is 11.6 Å². The van der Waals surface area contributed by atoms with Crippen LogP contribution >= 0.6 is 0 Å². The summed E-state index contributed by atoms with van der Waals surface area (Å²) in [5, 5.41) is 9.54. The number of carbonyl (C=O) groups excluding carboxylic acids is 2. The number of rotatable bonds is 9. The van der Waals surface area contributed by atoms with Crippen LogP contribution in [-0.4, -0.2) is 34.7 Å². The van der Waals surface area contributed by atoms with Gasteiger partial charge < -0.3 is 10.6 Å². The van der Waals surface area contributed by atoms with E-state index in [-0.39, 0.29) is 24.4 Å². The summed E-state index contributed by atoms with van der Waals surface area (Å²) in [6.07, 6.45) is 4.94. The van der Waals surface area contributed by atoms with Crippen molar-refractivity contribution in [1.82, 2.24) is 20.4 Å². The van der Waals surface area contributed by atoms with Gasteiger partial charge in [0.05, 0.1) is 11.3 Å². The summed E-state index contributed by atoms with van der Waals surface area (Å²) in [7, 11) is 0. The normalized spacial score (nSPS) is 10.6. The number of carbonyl (C=O) groups is 2. The van der Waals surface area contributed by atoms with Crippen molar-refractivity contribution in [2.75, 3.05) is 13.1 Å². The van der Waals surface area contributed by atoms with Gasteiger partial charge in [-0.05, 0) is 48.7 Å². The molecule has 1 aromatic heterocycles. The third-order valence-corrected chi connectivity index (χ3v) is 4.48. The van der Waals surface area contributed by atoms with Gasteiger partial charge in [-0.25, -0.2) is 13.5 Å². The Morgan fingerprint density at radius 3 is 2.50 bits per heavy atom. The number of halogens is 2. The van der Waals surface area contributed by atoms with E-state index < -0.39 is 17.5 Å². The van der Waals surface area contributed by atoms with E-state index in [2.05, 4.69) is 15.7 Å². The van der Waals surface area contributed by atoms with Gasteiger partial charge in [0.25, 0.3) is 5.91 Å². The number of aromatic nitrogens is 2. The zero-order valence-corrected chi connectivity index (χ0v) is 16.3. The molecule has 0 aliphatic rings. The highest BCUT2D eigenvalue weighted by Gasteiger charge is 2.12. The van der Waals surface area contributed by atoms with Crippen LogP contribution in [0.4, 0.5) is 8.78 Å². The van der Waals surface area contributed by atoms with Crippen LogP contribution in [-0.2, 0) is 11.2 Å². The molecule has 3 aromatic rings. The summed E-state index contributed by atoms with van der Waals surface area (Å²) in [4.78, 5) is 23.8. The highest BCUT2D eigenvalue weighted by molar-refractivity contribution is 5.94. The maximum Gasteiger partial charge on any atom is 0.254 e. The Balaban J connectivity index is 1.32. The van der Waals surface area contributed by atoms with Crippen molar-refractivity contribution in [3.8, 4) is 5.69 Å². The summed E-state index contributed by atoms with van der Waals surface area (Å²) >= 11 is 0. The molecule has 0 bridgehead atoms. The Labute approximate surface area is 172 Å². The Morgan fingerprint density at radius 2 is 1.80 bits per heavy atom. The molecule has 0 saturated carbocycles. The smallest absolute Gasteiger partial charge is 0.254 e. The molecule has 0 radical (unpaired) electrons. The first kappa shape index (κ1) is 21.2. The van der Waals surface area contributed by atoms with E-state index in [0.29, 0.717) is 25.5 Å². The molecule has 0 atom stereocenters. The molecule has 0 unspecified atom stereocenters. The molecule has 2 N–H and O–H groups in total. The number of nitrogens with zero attached hydrogens (tertiary/aromatic N) is 2. The third-order valence-electron chi connectivity index (χ3n) is 4.48. The van der Waals surface area contributed by atoms with E-state index in [4.69, 9.17) is 0 Å². The number of amides is 2. The van der Waals surface area contributed by atoms with Crippen molar-refractivity contribution in [3.63, 3.8) is 0 Å². The maximum absolute atomic E-state index is 13.5. The van der Waals surface area contributed by atoms with Crippen LogP contribution in [0.5, 0.6) is 0 Å². The summed E-state index contributed by atoms with van der Waals surface area (Å²) in [6, 6.07) is 12.6. The largest absolute Gasteiger partial charge is 0.356 e. The van der Waals surface area contributed by atoms with Gasteiger partial charge in [-0.1, -0.05) is 12.1 Å². The SMILES string of the molecule is O=C(CCCNC(=O)c1ccc(F)cc1F)NCCc1ccc(-n2cccn2)cc1. The van der Waals surface area contributed by atoms with Crippen molar-refractivity contribution in [2.24, 2.45) is 0 Å². The fraction of sp³-hybridized carbons (Fsp3) is 0.227. The molecule has 0 spiro atoms. The third kappa shape index (κ3) is 5.97. The molecular formula is C22H22F2N4O2.